The summed E-state index contributed by atoms with van der Waals surface area (Å²) in [7, 11) is 0. The molecule has 2 aromatic carbocycles. The van der Waals surface area contributed by atoms with Gasteiger partial charge in [-0.3, -0.25) is 0 Å². The number of nitrogens with zero attached hydrogens (tertiary/aromatic N) is 3. The average molecular weight is 292 g/mol. The summed E-state index contributed by atoms with van der Waals surface area (Å²) in [4.78, 5) is 0. The zero-order valence-corrected chi connectivity index (χ0v) is 12.0. The molecule has 0 saturated carbocycles. The molecule has 0 aliphatic rings. The largest absolute Gasteiger partial charge is 0.247 e. The Kier molecular flexibility index (Phi) is 3.67. The van der Waals surface area contributed by atoms with Gasteiger partial charge in [0.2, 0.25) is 0 Å². The molecule has 0 spiro atoms. The Labute approximate surface area is 127 Å². The summed E-state index contributed by atoms with van der Waals surface area (Å²) in [6.07, 6.45) is 0.849. The summed E-state index contributed by atoms with van der Waals surface area (Å²) in [5.41, 5.74) is 4.67. The summed E-state index contributed by atoms with van der Waals surface area (Å²) in [6, 6.07) is 14.4. The van der Waals surface area contributed by atoms with Crippen LogP contribution in [0.3, 0.4) is 0 Å². The maximum atomic E-state index is 13.1. The standard InChI is InChI=1S/C17H13FN4/c1-2-11-7-13(12-3-5-15(18)6-4-12)9-14(8-11)17-16(10-19)20-22-21-17/h3-9H,2H2,1H3,(H,20,21,22). The third-order valence-corrected chi connectivity index (χ3v) is 3.51. The molecule has 108 valence electrons. The van der Waals surface area contributed by atoms with Gasteiger partial charge in [0, 0.05) is 5.56 Å². The first-order valence-corrected chi connectivity index (χ1v) is 6.92. The number of halogens is 1. The van der Waals surface area contributed by atoms with Gasteiger partial charge in [-0.1, -0.05) is 30.3 Å². The number of benzene rings is 2. The Morgan fingerprint density at radius 2 is 1.82 bits per heavy atom. The van der Waals surface area contributed by atoms with Crippen LogP contribution in [0.2, 0.25) is 0 Å². The van der Waals surface area contributed by atoms with Crippen molar-refractivity contribution in [2.75, 3.05) is 0 Å². The maximum Gasteiger partial charge on any atom is 0.163 e. The second-order valence-electron chi connectivity index (χ2n) is 4.93. The number of H-pyrrole nitrogens is 1. The fourth-order valence-electron chi connectivity index (χ4n) is 2.35. The number of aromatic amines is 1. The summed E-state index contributed by atoms with van der Waals surface area (Å²) in [5, 5.41) is 19.4. The van der Waals surface area contributed by atoms with Gasteiger partial charge >= 0.3 is 0 Å². The molecule has 0 aliphatic heterocycles. The monoisotopic (exact) mass is 292 g/mol. The minimum Gasteiger partial charge on any atom is -0.247 e. The Hall–Kier alpha value is -3.00. The van der Waals surface area contributed by atoms with Gasteiger partial charge in [0.1, 0.15) is 17.6 Å². The van der Waals surface area contributed by atoms with Crippen LogP contribution in [0.25, 0.3) is 22.4 Å². The SMILES string of the molecule is CCc1cc(-c2ccc(F)cc2)cc(-c2nn[nH]c2C#N)c1. The predicted octanol–water partition coefficient (Wildman–Crippen LogP) is 3.71. The zero-order valence-electron chi connectivity index (χ0n) is 12.0. The van der Waals surface area contributed by atoms with Crippen molar-refractivity contribution in [2.45, 2.75) is 13.3 Å². The van der Waals surface area contributed by atoms with Crippen molar-refractivity contribution in [1.29, 1.82) is 5.26 Å². The minimum atomic E-state index is -0.265. The number of aromatic nitrogens is 3. The molecule has 5 heteroatoms. The van der Waals surface area contributed by atoms with E-state index in [1.807, 2.05) is 18.2 Å². The van der Waals surface area contributed by atoms with E-state index in [2.05, 4.69) is 28.4 Å². The zero-order chi connectivity index (χ0) is 15.5. The molecule has 22 heavy (non-hydrogen) atoms. The normalized spacial score (nSPS) is 10.4. The van der Waals surface area contributed by atoms with Crippen molar-refractivity contribution in [1.82, 2.24) is 15.4 Å². The molecule has 0 saturated heterocycles. The molecule has 0 bridgehead atoms. The fraction of sp³-hybridized carbons (Fsp3) is 0.118. The van der Waals surface area contributed by atoms with Gasteiger partial charge in [-0.25, -0.2) is 9.49 Å². The lowest BCUT2D eigenvalue weighted by Gasteiger charge is -2.08. The van der Waals surface area contributed by atoms with Crippen LogP contribution in [0.15, 0.2) is 42.5 Å². The van der Waals surface area contributed by atoms with Crippen LogP contribution in [-0.2, 0) is 6.42 Å². The molecule has 1 aromatic heterocycles. The highest BCUT2D eigenvalue weighted by Gasteiger charge is 2.12. The van der Waals surface area contributed by atoms with Crippen LogP contribution < -0.4 is 0 Å². The molecular weight excluding hydrogens is 279 g/mol. The van der Waals surface area contributed by atoms with E-state index < -0.39 is 0 Å². The smallest absolute Gasteiger partial charge is 0.163 e. The van der Waals surface area contributed by atoms with Gasteiger partial charge in [0.25, 0.3) is 0 Å². The van der Waals surface area contributed by atoms with Crippen molar-refractivity contribution in [3.8, 4) is 28.5 Å². The van der Waals surface area contributed by atoms with Gasteiger partial charge in [-0.15, -0.1) is 5.10 Å². The molecule has 4 nitrogen and oxygen atoms in total. The summed E-state index contributed by atoms with van der Waals surface area (Å²) in [5.74, 6) is -0.265. The van der Waals surface area contributed by atoms with Gasteiger partial charge in [-0.2, -0.15) is 5.26 Å². The highest BCUT2D eigenvalue weighted by molar-refractivity contribution is 5.74. The van der Waals surface area contributed by atoms with Gasteiger partial charge in [-0.05, 0) is 47.4 Å². The number of nitrogens with one attached hydrogen (secondary N) is 1. The van der Waals surface area contributed by atoms with Crippen molar-refractivity contribution in [3.05, 3.63) is 59.5 Å². The Balaban J connectivity index is 2.15. The fourth-order valence-corrected chi connectivity index (χ4v) is 2.35. The van der Waals surface area contributed by atoms with E-state index in [1.165, 1.54) is 12.1 Å². The van der Waals surface area contributed by atoms with Crippen LogP contribution in [-0.4, -0.2) is 15.4 Å². The van der Waals surface area contributed by atoms with Crippen molar-refractivity contribution in [2.24, 2.45) is 0 Å². The molecule has 3 aromatic rings. The van der Waals surface area contributed by atoms with E-state index in [0.717, 1.165) is 28.7 Å². The van der Waals surface area contributed by atoms with Crippen LogP contribution >= 0.6 is 0 Å². The first-order chi connectivity index (χ1) is 10.7. The van der Waals surface area contributed by atoms with E-state index in [1.54, 1.807) is 12.1 Å². The molecule has 0 unspecified atom stereocenters. The van der Waals surface area contributed by atoms with Gasteiger partial charge in [0.05, 0.1) is 0 Å². The number of aryl methyl sites for hydroxylation is 1. The first-order valence-electron chi connectivity index (χ1n) is 6.92. The number of rotatable bonds is 3. The lowest BCUT2D eigenvalue weighted by atomic mass is 9.97. The van der Waals surface area contributed by atoms with Gasteiger partial charge < -0.3 is 0 Å². The summed E-state index contributed by atoms with van der Waals surface area (Å²) >= 11 is 0. The molecule has 0 radical (unpaired) electrons. The van der Waals surface area contributed by atoms with E-state index in [9.17, 15) is 4.39 Å². The van der Waals surface area contributed by atoms with Crippen molar-refractivity contribution >= 4 is 0 Å². The summed E-state index contributed by atoms with van der Waals surface area (Å²) < 4.78 is 13.1. The minimum absolute atomic E-state index is 0.265. The molecule has 0 fully saturated rings. The van der Waals surface area contributed by atoms with E-state index in [-0.39, 0.29) is 5.82 Å². The van der Waals surface area contributed by atoms with Crippen LogP contribution in [0.5, 0.6) is 0 Å². The Morgan fingerprint density at radius 1 is 1.09 bits per heavy atom. The summed E-state index contributed by atoms with van der Waals surface area (Å²) in [6.45, 7) is 2.06. The lowest BCUT2D eigenvalue weighted by Crippen LogP contribution is -1.89. The molecule has 1 heterocycles. The molecule has 0 atom stereocenters. The third kappa shape index (κ3) is 2.59. The predicted molar refractivity (Wildman–Crippen MR) is 81.3 cm³/mol. The maximum absolute atomic E-state index is 13.1. The molecule has 0 aliphatic carbocycles. The van der Waals surface area contributed by atoms with Crippen LogP contribution in [0.4, 0.5) is 4.39 Å². The highest BCUT2D eigenvalue weighted by atomic mass is 19.1. The second-order valence-corrected chi connectivity index (χ2v) is 4.93. The van der Waals surface area contributed by atoms with E-state index >= 15 is 0 Å². The highest BCUT2D eigenvalue weighted by Crippen LogP contribution is 2.28. The van der Waals surface area contributed by atoms with E-state index in [4.69, 9.17) is 5.26 Å². The topological polar surface area (TPSA) is 65.4 Å². The van der Waals surface area contributed by atoms with E-state index in [0.29, 0.717) is 11.4 Å². The molecule has 1 N–H and O–H groups in total. The Bertz CT molecular complexity index is 844. The van der Waals surface area contributed by atoms with Crippen LogP contribution in [0.1, 0.15) is 18.2 Å². The van der Waals surface area contributed by atoms with Crippen molar-refractivity contribution in [3.63, 3.8) is 0 Å². The molecule has 3 rings (SSSR count). The van der Waals surface area contributed by atoms with Crippen molar-refractivity contribution < 1.29 is 4.39 Å². The molecular formula is C17H13FN4. The quantitative estimate of drug-likeness (QED) is 0.800. The lowest BCUT2D eigenvalue weighted by molar-refractivity contribution is 0.628. The number of hydrogen-bond acceptors (Lipinski definition) is 3. The second kappa shape index (κ2) is 5.78. The molecule has 0 amide bonds. The Morgan fingerprint density at radius 3 is 2.50 bits per heavy atom. The number of hydrogen-bond donors (Lipinski definition) is 1. The average Bonchev–Trinajstić information content (AvgIpc) is 3.03. The first kappa shape index (κ1) is 14.0. The van der Waals surface area contributed by atoms with Crippen LogP contribution in [0, 0.1) is 17.1 Å². The number of nitriles is 1. The third-order valence-electron chi connectivity index (χ3n) is 3.51. The van der Waals surface area contributed by atoms with Gasteiger partial charge in [0.15, 0.2) is 5.69 Å².